The van der Waals surface area contributed by atoms with E-state index in [9.17, 15) is 4.79 Å². The first kappa shape index (κ1) is 15.7. The van der Waals surface area contributed by atoms with Crippen molar-refractivity contribution in [3.63, 3.8) is 0 Å². The second-order valence-electron chi connectivity index (χ2n) is 0.371. The van der Waals surface area contributed by atoms with E-state index in [-0.39, 0.29) is 48.9 Å². The van der Waals surface area contributed by atoms with Gasteiger partial charge in [0.1, 0.15) is 0 Å². The predicted molar refractivity (Wildman–Crippen MR) is 19.4 cm³/mol. The Balaban J connectivity index is -0.0000000450. The third-order valence-electron chi connectivity index (χ3n) is 0.0833. The van der Waals surface area contributed by atoms with Crippen LogP contribution in [0.1, 0.15) is 0 Å². The van der Waals surface area contributed by atoms with E-state index in [4.69, 9.17) is 0 Å². The van der Waals surface area contributed by atoms with E-state index >= 15 is 0 Å². The molecule has 0 aliphatic carbocycles. The molecule has 0 N–H and O–H groups in total. The summed E-state index contributed by atoms with van der Waals surface area (Å²) < 4.78 is 0.639. The van der Waals surface area contributed by atoms with Crippen molar-refractivity contribution in [2.75, 3.05) is 0 Å². The van der Waals surface area contributed by atoms with Gasteiger partial charge in [0.15, 0.2) is 0 Å². The van der Waals surface area contributed by atoms with Crippen molar-refractivity contribution in [1.82, 2.24) is 0 Å². The molecule has 4 heteroatoms. The Labute approximate surface area is 84.0 Å². The van der Waals surface area contributed by atoms with E-state index in [0.29, 0.717) is 4.73 Å². The molecule has 0 saturated carbocycles. The summed E-state index contributed by atoms with van der Waals surface area (Å²) in [5, 5.41) is 0. The van der Waals surface area contributed by atoms with Crippen molar-refractivity contribution in [3.05, 3.63) is 0 Å². The van der Waals surface area contributed by atoms with Gasteiger partial charge in [-0.1, -0.05) is 0 Å². The minimum Gasteiger partial charge on any atom is 0 e. The molecule has 0 unspecified atom stereocenters. The molecule has 0 fully saturated rings. The van der Waals surface area contributed by atoms with E-state index in [0.717, 1.165) is 6.29 Å². The summed E-state index contributed by atoms with van der Waals surface area (Å²) in [6.07, 6.45) is 0.875. The van der Waals surface area contributed by atoms with Gasteiger partial charge >= 0.3 is 59.3 Å². The summed E-state index contributed by atoms with van der Waals surface area (Å²) in [6.45, 7) is 0. The first-order valence-electron chi connectivity index (χ1n) is 0.998. The van der Waals surface area contributed by atoms with Gasteiger partial charge in [-0.3, -0.25) is 0 Å². The Morgan fingerprint density at radius 1 is 1.67 bits per heavy atom. The monoisotopic (exact) mass is 297 g/mol. The van der Waals surface area contributed by atoms with Crippen molar-refractivity contribution < 1.29 is 51.1 Å². The molecule has 6 heavy (non-hydrogen) atoms. The van der Waals surface area contributed by atoms with Gasteiger partial charge in [0.25, 0.3) is 0 Å². The summed E-state index contributed by atoms with van der Waals surface area (Å²) >= 11 is 1.81. The molecule has 0 radical (unpaired) electrons. The smallest absolute Gasteiger partial charge is 0 e. The Morgan fingerprint density at radius 3 is 1.83 bits per heavy atom. The van der Waals surface area contributed by atoms with Crippen molar-refractivity contribution in [2.24, 2.45) is 0 Å². The van der Waals surface area contributed by atoms with E-state index in [1.807, 2.05) is 20.4 Å². The van der Waals surface area contributed by atoms with Crippen molar-refractivity contribution >= 4 is 29.3 Å². The van der Waals surface area contributed by atoms with Crippen LogP contribution in [0.3, 0.4) is 0 Å². The fourth-order valence-electron chi connectivity index (χ4n) is 0. The predicted octanol–water partition coefficient (Wildman–Crippen LogP) is -0.768. The molecular weight excluding hydrogens is 291 g/mol. The Kier molecular flexibility index (Phi) is 41.1. The first-order chi connectivity index (χ1) is 1.91. The second-order valence-corrected chi connectivity index (χ2v) is 1.01. The molecule has 0 aliphatic rings. The molecule has 0 rings (SSSR count). The summed E-state index contributed by atoms with van der Waals surface area (Å²) in [4.78, 5) is 9.17. The topological polar surface area (TPSA) is 17.1 Å². The standard InChI is InChI=1S/C2H3O.Hf.Mg.Ti.2H/c1-2-3;;;;;/h2H,1H2;;;;;. The zero-order chi connectivity index (χ0) is 3.41. The zero-order valence-electron chi connectivity index (χ0n) is 2.69. The number of carbonyl (C=O) groups excluding carboxylic acids is 1. The summed E-state index contributed by atoms with van der Waals surface area (Å²) in [5.41, 5.74) is 0. The largest absolute Gasteiger partial charge is 0.316 e. The molecule has 0 aromatic heterocycles. The average Bonchev–Trinajstić information content (AvgIpc) is 1.37. The van der Waals surface area contributed by atoms with Crippen LogP contribution in [0.25, 0.3) is 0 Å². The number of carbonyl (C=O) groups is 1. The van der Waals surface area contributed by atoms with E-state index in [2.05, 4.69) is 0 Å². The Bertz CT molecular complexity index is 27.5. The SMILES string of the molecule is O=C[CH2][Ti].[Hf].[MgH2]. The van der Waals surface area contributed by atoms with Gasteiger partial charge in [-0.05, 0) is 0 Å². The third kappa shape index (κ3) is 16.6. The van der Waals surface area contributed by atoms with Gasteiger partial charge in [-0.25, -0.2) is 0 Å². The molecule has 0 amide bonds. The number of hydrogen-bond acceptors (Lipinski definition) is 1. The molecular formula is C2H5HfMgOTi. The zero-order valence-corrected chi connectivity index (χ0v) is 7.85. The van der Waals surface area contributed by atoms with Crippen LogP contribution in [-0.2, 0) is 51.1 Å². The van der Waals surface area contributed by atoms with Crippen LogP contribution < -0.4 is 0 Å². The van der Waals surface area contributed by atoms with E-state index in [1.165, 1.54) is 0 Å². The fraction of sp³-hybridized carbons (Fsp3) is 0.500. The molecule has 0 aromatic carbocycles. The summed E-state index contributed by atoms with van der Waals surface area (Å²) in [7, 11) is 0. The van der Waals surface area contributed by atoms with Crippen molar-refractivity contribution in [2.45, 2.75) is 4.73 Å². The van der Waals surface area contributed by atoms with Gasteiger partial charge in [-0.15, -0.1) is 0 Å². The molecule has 0 heterocycles. The quantitative estimate of drug-likeness (QED) is 0.459. The maximum atomic E-state index is 9.17. The van der Waals surface area contributed by atoms with E-state index < -0.39 is 0 Å². The molecule has 0 aromatic rings. The maximum absolute atomic E-state index is 9.17. The minimum atomic E-state index is 0. The van der Waals surface area contributed by atoms with Gasteiger partial charge in [0.2, 0.25) is 0 Å². The van der Waals surface area contributed by atoms with Crippen molar-refractivity contribution in [3.8, 4) is 0 Å². The van der Waals surface area contributed by atoms with Gasteiger partial charge in [0, 0.05) is 25.8 Å². The van der Waals surface area contributed by atoms with Gasteiger partial charge < -0.3 is 0 Å². The normalized spacial score (nSPS) is 3.83. The molecule has 0 bridgehead atoms. The Hall–Kier alpha value is 2.02. The number of hydrogen-bond donors (Lipinski definition) is 0. The molecule has 0 aliphatic heterocycles. The summed E-state index contributed by atoms with van der Waals surface area (Å²) in [6, 6.07) is 0. The third-order valence-corrected chi connectivity index (χ3v) is 0.344. The van der Waals surface area contributed by atoms with Crippen LogP contribution in [0.2, 0.25) is 4.73 Å². The van der Waals surface area contributed by atoms with Crippen molar-refractivity contribution in [1.29, 1.82) is 0 Å². The maximum Gasteiger partial charge on any atom is 0.316 e. The molecule has 0 atom stereocenters. The molecule has 0 spiro atoms. The number of aldehydes is 1. The Morgan fingerprint density at radius 2 is 1.83 bits per heavy atom. The first-order valence-corrected chi connectivity index (χ1v) is 2.10. The van der Waals surface area contributed by atoms with Crippen LogP contribution in [0.4, 0.5) is 0 Å². The second kappa shape index (κ2) is 15.7. The van der Waals surface area contributed by atoms with Crippen LogP contribution in [0.5, 0.6) is 0 Å². The molecule has 0 saturated heterocycles. The van der Waals surface area contributed by atoms with Gasteiger partial charge in [-0.2, -0.15) is 0 Å². The average molecular weight is 296 g/mol. The summed E-state index contributed by atoms with van der Waals surface area (Å²) in [5.74, 6) is 0. The van der Waals surface area contributed by atoms with E-state index in [1.54, 1.807) is 0 Å². The van der Waals surface area contributed by atoms with Crippen LogP contribution in [0, 0.1) is 0 Å². The fourth-order valence-corrected chi connectivity index (χ4v) is 0. The van der Waals surface area contributed by atoms with Crippen LogP contribution >= 0.6 is 0 Å². The molecule has 29 valence electrons. The minimum absolute atomic E-state index is 0. The van der Waals surface area contributed by atoms with Gasteiger partial charge in [0.05, 0.1) is 0 Å². The van der Waals surface area contributed by atoms with Crippen LogP contribution in [-0.4, -0.2) is 29.3 Å². The van der Waals surface area contributed by atoms with Crippen LogP contribution in [0.15, 0.2) is 0 Å². The molecule has 1 nitrogen and oxygen atoms in total. The number of rotatable bonds is 1.